The van der Waals surface area contributed by atoms with Crippen molar-refractivity contribution < 1.29 is 27.5 Å². The van der Waals surface area contributed by atoms with E-state index >= 15 is 0 Å². The lowest BCUT2D eigenvalue weighted by Crippen LogP contribution is -2.22. The molecule has 12 heteroatoms. The molecule has 2 aromatic rings. The number of nitrogens with zero attached hydrogens (tertiary/aromatic N) is 2. The number of carbonyl (C=O) groups excluding carboxylic acids is 2. The molecule has 0 aliphatic heterocycles. The Morgan fingerprint density at radius 3 is 2.63 bits per heavy atom. The van der Waals surface area contributed by atoms with E-state index in [1.807, 2.05) is 0 Å². The molecule has 2 rings (SSSR count). The first-order valence-corrected chi connectivity index (χ1v) is 8.80. The van der Waals surface area contributed by atoms with E-state index in [9.17, 15) is 22.8 Å². The van der Waals surface area contributed by atoms with Crippen molar-refractivity contribution >= 4 is 51.4 Å². The van der Waals surface area contributed by atoms with Gasteiger partial charge >= 0.3 is 12.1 Å². The van der Waals surface area contributed by atoms with E-state index in [-0.39, 0.29) is 6.61 Å². The Labute approximate surface area is 165 Å². The second kappa shape index (κ2) is 8.68. The minimum absolute atomic E-state index is 0.0978. The molecule has 144 valence electrons. The van der Waals surface area contributed by atoms with Crippen LogP contribution in [0.2, 0.25) is 10.3 Å². The van der Waals surface area contributed by atoms with E-state index in [0.717, 1.165) is 17.5 Å². The Hall–Kier alpha value is -2.17. The Morgan fingerprint density at radius 2 is 2.07 bits per heavy atom. The number of alkyl halides is 3. The third-order valence-corrected chi connectivity index (χ3v) is 4.16. The summed E-state index contributed by atoms with van der Waals surface area (Å²) in [5.74, 6) is -2.45. The summed E-state index contributed by atoms with van der Waals surface area (Å²) in [7, 11) is 0. The first-order valence-electron chi connectivity index (χ1n) is 7.16. The fourth-order valence-electron chi connectivity index (χ4n) is 1.91. The number of nitrogens with one attached hydrogen (secondary N) is 1. The van der Waals surface area contributed by atoms with Gasteiger partial charge in [0, 0.05) is 17.8 Å². The summed E-state index contributed by atoms with van der Waals surface area (Å²) in [4.78, 5) is 32.2. The lowest BCUT2D eigenvalue weighted by atomic mass is 10.0. The molecule has 0 aliphatic carbocycles. The van der Waals surface area contributed by atoms with Gasteiger partial charge in [-0.25, -0.2) is 14.8 Å². The summed E-state index contributed by atoms with van der Waals surface area (Å²) in [6.07, 6.45) is -2.59. The minimum Gasteiger partial charge on any atom is -0.462 e. The lowest BCUT2D eigenvalue weighted by molar-refractivity contribution is -0.139. The largest absolute Gasteiger partial charge is 0.462 e. The van der Waals surface area contributed by atoms with Crippen LogP contribution >= 0.6 is 34.5 Å². The number of carbonyl (C=O) groups is 2. The molecule has 0 amide bonds. The van der Waals surface area contributed by atoms with Crippen LogP contribution in [-0.2, 0) is 15.7 Å². The van der Waals surface area contributed by atoms with E-state index in [0.29, 0.717) is 11.2 Å². The standard InChI is InChI=1S/C15H10Cl2F3N3O3S/c1-2-26-13(25)7(6-22-14-21-3-4-27-14)11(24)10-8(15(18,19)20)5-9(16)23-12(10)17/h3-6H,2H2,1H3,(H,21,22)/b7-6-. The van der Waals surface area contributed by atoms with Gasteiger partial charge in [0.2, 0.25) is 5.78 Å². The quantitative estimate of drug-likeness (QED) is 0.177. The van der Waals surface area contributed by atoms with Crippen LogP contribution in [0.4, 0.5) is 18.3 Å². The zero-order valence-electron chi connectivity index (χ0n) is 13.4. The number of ketones is 1. The molecule has 0 bridgehead atoms. The molecule has 0 aliphatic rings. The van der Waals surface area contributed by atoms with Gasteiger partial charge < -0.3 is 10.1 Å². The van der Waals surface area contributed by atoms with Crippen LogP contribution in [-0.4, -0.2) is 28.3 Å². The van der Waals surface area contributed by atoms with Crippen molar-refractivity contribution in [1.82, 2.24) is 9.97 Å². The molecule has 0 spiro atoms. The highest BCUT2D eigenvalue weighted by atomic mass is 35.5. The van der Waals surface area contributed by atoms with Crippen LogP contribution in [0.25, 0.3) is 0 Å². The maximum Gasteiger partial charge on any atom is 0.417 e. The van der Waals surface area contributed by atoms with Gasteiger partial charge in [-0.1, -0.05) is 23.2 Å². The third-order valence-electron chi connectivity index (χ3n) is 2.99. The summed E-state index contributed by atoms with van der Waals surface area (Å²) in [6, 6.07) is 0.456. The molecule has 0 aromatic carbocycles. The number of hydrogen-bond donors (Lipinski definition) is 1. The second-order valence-corrected chi connectivity index (χ2v) is 6.39. The van der Waals surface area contributed by atoms with Crippen LogP contribution in [0.5, 0.6) is 0 Å². The molecule has 1 N–H and O–H groups in total. The lowest BCUT2D eigenvalue weighted by Gasteiger charge is -2.14. The smallest absolute Gasteiger partial charge is 0.417 e. The molecule has 0 radical (unpaired) electrons. The number of pyridine rings is 1. The average molecular weight is 440 g/mol. The van der Waals surface area contributed by atoms with Crippen molar-refractivity contribution in [2.45, 2.75) is 13.1 Å². The van der Waals surface area contributed by atoms with Crippen molar-refractivity contribution in [2.24, 2.45) is 0 Å². The highest BCUT2D eigenvalue weighted by Gasteiger charge is 2.39. The molecule has 27 heavy (non-hydrogen) atoms. The van der Waals surface area contributed by atoms with Crippen LogP contribution in [0.15, 0.2) is 29.4 Å². The fourth-order valence-corrected chi connectivity index (χ4v) is 2.93. The number of aromatic nitrogens is 2. The van der Waals surface area contributed by atoms with E-state index in [1.54, 1.807) is 5.38 Å². The average Bonchev–Trinajstić information content (AvgIpc) is 3.07. The SMILES string of the molecule is CCOC(=O)/C(=C\Nc1nccs1)C(=O)c1c(C(F)(F)F)cc(Cl)nc1Cl. The fraction of sp³-hybridized carbons (Fsp3) is 0.200. The van der Waals surface area contributed by atoms with E-state index < -0.39 is 44.9 Å². The predicted octanol–water partition coefficient (Wildman–Crippen LogP) is 4.61. The van der Waals surface area contributed by atoms with Gasteiger partial charge in [-0.3, -0.25) is 4.79 Å². The highest BCUT2D eigenvalue weighted by molar-refractivity contribution is 7.13. The molecular weight excluding hydrogens is 430 g/mol. The molecule has 2 aromatic heterocycles. The van der Waals surface area contributed by atoms with Gasteiger partial charge in [-0.2, -0.15) is 13.2 Å². The number of anilines is 1. The maximum atomic E-state index is 13.3. The van der Waals surface area contributed by atoms with Crippen LogP contribution in [0.1, 0.15) is 22.8 Å². The monoisotopic (exact) mass is 439 g/mol. The van der Waals surface area contributed by atoms with E-state index in [4.69, 9.17) is 27.9 Å². The number of rotatable bonds is 6. The number of hydrogen-bond acceptors (Lipinski definition) is 7. The van der Waals surface area contributed by atoms with Gasteiger partial charge in [-0.15, -0.1) is 11.3 Å². The van der Waals surface area contributed by atoms with E-state index in [2.05, 4.69) is 15.3 Å². The second-order valence-electron chi connectivity index (χ2n) is 4.75. The van der Waals surface area contributed by atoms with Crippen LogP contribution in [0, 0.1) is 0 Å². The van der Waals surface area contributed by atoms with Crippen LogP contribution < -0.4 is 5.32 Å². The van der Waals surface area contributed by atoms with Crippen molar-refractivity contribution in [3.8, 4) is 0 Å². The normalized spacial score (nSPS) is 12.0. The van der Waals surface area contributed by atoms with Crippen molar-refractivity contribution in [3.63, 3.8) is 0 Å². The number of Topliss-reactive ketones (excluding diaryl/α,β-unsaturated/α-hetero) is 1. The molecule has 0 saturated heterocycles. The van der Waals surface area contributed by atoms with Gasteiger partial charge in [0.1, 0.15) is 15.9 Å². The Morgan fingerprint density at radius 1 is 1.37 bits per heavy atom. The Balaban J connectivity index is 2.55. The van der Waals surface area contributed by atoms with Crippen molar-refractivity contribution in [2.75, 3.05) is 11.9 Å². The maximum absolute atomic E-state index is 13.3. The van der Waals surface area contributed by atoms with Gasteiger partial charge in [0.05, 0.1) is 17.7 Å². The third kappa shape index (κ3) is 5.18. The molecule has 6 nitrogen and oxygen atoms in total. The molecular formula is C15H10Cl2F3N3O3S. The first kappa shape index (κ1) is 21.1. The van der Waals surface area contributed by atoms with Crippen molar-refractivity contribution in [1.29, 1.82) is 0 Å². The summed E-state index contributed by atoms with van der Waals surface area (Å²) in [5.41, 5.74) is -3.13. The summed E-state index contributed by atoms with van der Waals surface area (Å²) in [5, 5.41) is 3.14. The van der Waals surface area contributed by atoms with Gasteiger partial charge in [0.15, 0.2) is 5.13 Å². The Bertz CT molecular complexity index is 886. The molecule has 0 unspecified atom stereocenters. The summed E-state index contributed by atoms with van der Waals surface area (Å²) >= 11 is 12.4. The molecule has 0 saturated carbocycles. The number of halogens is 5. The van der Waals surface area contributed by atoms with Gasteiger partial charge in [-0.05, 0) is 13.0 Å². The van der Waals surface area contributed by atoms with Crippen LogP contribution in [0.3, 0.4) is 0 Å². The minimum atomic E-state index is -4.95. The highest BCUT2D eigenvalue weighted by Crippen LogP contribution is 2.37. The topological polar surface area (TPSA) is 81.2 Å². The number of thiazole rings is 1. The summed E-state index contributed by atoms with van der Waals surface area (Å²) in [6.45, 7) is 1.38. The number of esters is 1. The van der Waals surface area contributed by atoms with E-state index in [1.165, 1.54) is 13.1 Å². The number of ether oxygens (including phenoxy) is 1. The molecule has 2 heterocycles. The summed E-state index contributed by atoms with van der Waals surface area (Å²) < 4.78 is 44.8. The zero-order valence-corrected chi connectivity index (χ0v) is 15.8. The first-order chi connectivity index (χ1) is 12.6. The Kier molecular flexibility index (Phi) is 6.79. The van der Waals surface area contributed by atoms with Crippen molar-refractivity contribution in [3.05, 3.63) is 50.8 Å². The molecule has 0 fully saturated rings. The van der Waals surface area contributed by atoms with Gasteiger partial charge in [0.25, 0.3) is 0 Å². The zero-order chi connectivity index (χ0) is 20.2. The predicted molar refractivity (Wildman–Crippen MR) is 94.0 cm³/mol. The molecule has 0 atom stereocenters.